The predicted octanol–water partition coefficient (Wildman–Crippen LogP) is 4.05. The van der Waals surface area contributed by atoms with Gasteiger partial charge >= 0.3 is 0 Å². The fraction of sp³-hybridized carbons (Fsp3) is 0.240. The molecule has 1 N–H and O–H groups in total. The first-order valence-corrected chi connectivity index (χ1v) is 10.8. The molecule has 1 aromatic carbocycles. The van der Waals surface area contributed by atoms with Crippen LogP contribution in [0.3, 0.4) is 0 Å². The van der Waals surface area contributed by atoms with Crippen LogP contribution in [0.15, 0.2) is 55.0 Å². The third-order valence-electron chi connectivity index (χ3n) is 5.78. The van der Waals surface area contributed by atoms with Crippen LogP contribution in [-0.2, 0) is 11.3 Å². The molecular formula is C25H23FN4O3. The first kappa shape index (κ1) is 21.1. The first-order valence-electron chi connectivity index (χ1n) is 10.8. The molecule has 0 saturated carbocycles. The van der Waals surface area contributed by atoms with E-state index in [1.54, 1.807) is 49.8 Å². The number of hydrogen-bond acceptors (Lipinski definition) is 6. The predicted molar refractivity (Wildman–Crippen MR) is 122 cm³/mol. The van der Waals surface area contributed by atoms with Gasteiger partial charge in [0, 0.05) is 48.2 Å². The second-order valence-corrected chi connectivity index (χ2v) is 7.91. The number of carbonyl (C=O) groups is 1. The van der Waals surface area contributed by atoms with E-state index in [0.29, 0.717) is 35.4 Å². The number of halogens is 1. The summed E-state index contributed by atoms with van der Waals surface area (Å²) in [4.78, 5) is 27.0. The Kier molecular flexibility index (Phi) is 5.75. The van der Waals surface area contributed by atoms with Crippen molar-refractivity contribution in [1.82, 2.24) is 15.0 Å². The zero-order chi connectivity index (χ0) is 22.8. The molecule has 0 atom stereocenters. The maximum atomic E-state index is 15.4. The van der Waals surface area contributed by atoms with Crippen molar-refractivity contribution in [3.63, 3.8) is 0 Å². The van der Waals surface area contributed by atoms with Crippen molar-refractivity contribution in [1.29, 1.82) is 0 Å². The van der Waals surface area contributed by atoms with E-state index in [-0.39, 0.29) is 17.9 Å². The number of aromatic nitrogens is 3. The summed E-state index contributed by atoms with van der Waals surface area (Å²) in [5.41, 5.74) is 2.31. The summed E-state index contributed by atoms with van der Waals surface area (Å²) in [7, 11) is 0. The fourth-order valence-electron chi connectivity index (χ4n) is 3.96. The van der Waals surface area contributed by atoms with Crippen molar-refractivity contribution in [2.45, 2.75) is 13.5 Å². The molecule has 0 amide bonds. The second-order valence-electron chi connectivity index (χ2n) is 7.91. The minimum absolute atomic E-state index is 0.00181. The van der Waals surface area contributed by atoms with Crippen LogP contribution in [0.4, 0.5) is 10.2 Å². The zero-order valence-corrected chi connectivity index (χ0v) is 18.2. The Hall–Kier alpha value is -3.78. The summed E-state index contributed by atoms with van der Waals surface area (Å²) < 4.78 is 26.5. The highest BCUT2D eigenvalue weighted by atomic mass is 19.1. The van der Waals surface area contributed by atoms with Gasteiger partial charge in [-0.1, -0.05) is 12.1 Å². The zero-order valence-electron chi connectivity index (χ0n) is 18.2. The lowest BCUT2D eigenvalue weighted by Crippen LogP contribution is -2.36. The van der Waals surface area contributed by atoms with Gasteiger partial charge in [-0.15, -0.1) is 0 Å². The van der Waals surface area contributed by atoms with E-state index in [1.807, 2.05) is 12.1 Å². The molecule has 0 aliphatic carbocycles. The van der Waals surface area contributed by atoms with Gasteiger partial charge in [-0.05, 0) is 36.8 Å². The standard InChI is InChI=1S/C25H23FN4O3/c1-16-4-6-20(33-15-17-5-7-21(28-13-17)30-9-11-32-12-10-30)23(26)22(16)24(31)19-14-29-25-18(19)3-2-8-27-25/h2-8,13-14H,9-12,15H2,1H3,(H,27,29). The van der Waals surface area contributed by atoms with Crippen LogP contribution in [0.1, 0.15) is 27.0 Å². The van der Waals surface area contributed by atoms with Crippen LogP contribution in [0, 0.1) is 12.7 Å². The van der Waals surface area contributed by atoms with Crippen LogP contribution in [0.2, 0.25) is 0 Å². The van der Waals surface area contributed by atoms with Crippen molar-refractivity contribution in [2.75, 3.05) is 31.2 Å². The summed E-state index contributed by atoms with van der Waals surface area (Å²) in [5, 5.41) is 0.652. The molecule has 0 bridgehead atoms. The number of aryl methyl sites for hydroxylation is 1. The topological polar surface area (TPSA) is 80.3 Å². The second kappa shape index (κ2) is 8.99. The molecule has 4 aromatic rings. The van der Waals surface area contributed by atoms with Crippen molar-refractivity contribution >= 4 is 22.6 Å². The number of aromatic amines is 1. The Morgan fingerprint density at radius 1 is 1.18 bits per heavy atom. The van der Waals surface area contributed by atoms with Crippen molar-refractivity contribution < 1.29 is 18.7 Å². The van der Waals surface area contributed by atoms with E-state index < -0.39 is 11.6 Å². The lowest BCUT2D eigenvalue weighted by atomic mass is 9.98. The van der Waals surface area contributed by atoms with Gasteiger partial charge < -0.3 is 19.4 Å². The van der Waals surface area contributed by atoms with Crippen LogP contribution in [0.5, 0.6) is 5.75 Å². The molecule has 5 rings (SSSR count). The molecule has 0 radical (unpaired) electrons. The molecule has 0 unspecified atom stereocenters. The van der Waals surface area contributed by atoms with E-state index in [2.05, 4.69) is 19.9 Å². The van der Waals surface area contributed by atoms with Gasteiger partial charge in [0.15, 0.2) is 17.3 Å². The molecule has 3 aromatic heterocycles. The number of fused-ring (bicyclic) bond motifs is 1. The van der Waals surface area contributed by atoms with Gasteiger partial charge in [0.05, 0.1) is 18.8 Å². The largest absolute Gasteiger partial charge is 0.486 e. The Morgan fingerprint density at radius 2 is 2.03 bits per heavy atom. The molecule has 1 aliphatic rings. The van der Waals surface area contributed by atoms with E-state index in [1.165, 1.54) is 0 Å². The van der Waals surface area contributed by atoms with Gasteiger partial charge in [-0.3, -0.25) is 4.79 Å². The number of H-pyrrole nitrogens is 1. The molecule has 168 valence electrons. The SMILES string of the molecule is Cc1ccc(OCc2ccc(N3CCOCC3)nc2)c(F)c1C(=O)c1c[nH]c2ncccc12. The Labute approximate surface area is 190 Å². The molecule has 7 nitrogen and oxygen atoms in total. The number of carbonyl (C=O) groups excluding carboxylic acids is 1. The van der Waals surface area contributed by atoms with Crippen molar-refractivity contribution in [2.24, 2.45) is 0 Å². The quantitative estimate of drug-likeness (QED) is 0.450. The number of hydrogen-bond donors (Lipinski definition) is 1. The fourth-order valence-corrected chi connectivity index (χ4v) is 3.96. The van der Waals surface area contributed by atoms with Crippen LogP contribution >= 0.6 is 0 Å². The maximum absolute atomic E-state index is 15.4. The molecule has 1 aliphatic heterocycles. The number of anilines is 1. The summed E-state index contributed by atoms with van der Waals surface area (Å²) >= 11 is 0. The van der Waals surface area contributed by atoms with E-state index in [0.717, 1.165) is 24.5 Å². The van der Waals surface area contributed by atoms with Gasteiger partial charge in [-0.2, -0.15) is 0 Å². The Balaban J connectivity index is 1.35. The molecule has 4 heterocycles. The average Bonchev–Trinajstić information content (AvgIpc) is 3.29. The number of ketones is 1. The highest BCUT2D eigenvalue weighted by Gasteiger charge is 2.23. The summed E-state index contributed by atoms with van der Waals surface area (Å²) in [6, 6.07) is 10.6. The first-order chi connectivity index (χ1) is 16.1. The number of nitrogens with one attached hydrogen (secondary N) is 1. The minimum atomic E-state index is -0.670. The van der Waals surface area contributed by atoms with Crippen LogP contribution < -0.4 is 9.64 Å². The van der Waals surface area contributed by atoms with Crippen LogP contribution in [0.25, 0.3) is 11.0 Å². The molecule has 1 fully saturated rings. The third kappa shape index (κ3) is 4.17. The normalized spacial score (nSPS) is 13.9. The van der Waals surface area contributed by atoms with E-state index in [9.17, 15) is 4.79 Å². The van der Waals surface area contributed by atoms with Gasteiger partial charge in [0.1, 0.15) is 18.1 Å². The number of morpholine rings is 1. The number of ether oxygens (including phenoxy) is 2. The van der Waals surface area contributed by atoms with Gasteiger partial charge in [0.2, 0.25) is 0 Å². The number of pyridine rings is 2. The Bertz CT molecular complexity index is 1300. The molecule has 8 heteroatoms. The van der Waals surface area contributed by atoms with Crippen LogP contribution in [-0.4, -0.2) is 47.0 Å². The summed E-state index contributed by atoms with van der Waals surface area (Å²) in [6.07, 6.45) is 4.92. The van der Waals surface area contributed by atoms with Crippen molar-refractivity contribution in [3.8, 4) is 5.75 Å². The number of benzene rings is 1. The summed E-state index contributed by atoms with van der Waals surface area (Å²) in [5.74, 6) is -0.175. The smallest absolute Gasteiger partial charge is 0.198 e. The molecule has 33 heavy (non-hydrogen) atoms. The number of nitrogens with zero attached hydrogens (tertiary/aromatic N) is 3. The van der Waals surface area contributed by atoms with E-state index in [4.69, 9.17) is 9.47 Å². The monoisotopic (exact) mass is 446 g/mol. The highest BCUT2D eigenvalue weighted by molar-refractivity contribution is 6.16. The lowest BCUT2D eigenvalue weighted by molar-refractivity contribution is 0.103. The highest BCUT2D eigenvalue weighted by Crippen LogP contribution is 2.29. The van der Waals surface area contributed by atoms with E-state index >= 15 is 4.39 Å². The molecule has 1 saturated heterocycles. The molecular weight excluding hydrogens is 423 g/mol. The third-order valence-corrected chi connectivity index (χ3v) is 5.78. The maximum Gasteiger partial charge on any atom is 0.198 e. The Morgan fingerprint density at radius 3 is 2.82 bits per heavy atom. The summed E-state index contributed by atoms with van der Waals surface area (Å²) in [6.45, 7) is 4.84. The lowest BCUT2D eigenvalue weighted by Gasteiger charge is -2.27. The molecule has 0 spiro atoms. The van der Waals surface area contributed by atoms with Crippen molar-refractivity contribution in [3.05, 3.63) is 83.1 Å². The minimum Gasteiger partial charge on any atom is -0.486 e. The van der Waals surface area contributed by atoms with Gasteiger partial charge in [0.25, 0.3) is 0 Å². The average molecular weight is 446 g/mol. The number of rotatable bonds is 6. The van der Waals surface area contributed by atoms with Gasteiger partial charge in [-0.25, -0.2) is 14.4 Å².